The molecule has 10 heteroatoms. The van der Waals surface area contributed by atoms with Gasteiger partial charge in [0.15, 0.2) is 0 Å². The number of amides is 1. The van der Waals surface area contributed by atoms with Crippen molar-refractivity contribution in [1.82, 2.24) is 20.4 Å². The monoisotopic (exact) mass is 356 g/mol. The highest BCUT2D eigenvalue weighted by atomic mass is 16.5. The molecule has 0 saturated heterocycles. The van der Waals surface area contributed by atoms with Crippen LogP contribution in [0.2, 0.25) is 0 Å². The van der Waals surface area contributed by atoms with Crippen molar-refractivity contribution < 1.29 is 24.4 Å². The molecule has 1 aromatic carbocycles. The molecule has 0 radical (unpaired) electrons. The minimum Gasteiger partial charge on any atom is -0.534 e. The van der Waals surface area contributed by atoms with Crippen molar-refractivity contribution in [2.24, 2.45) is 0 Å². The van der Waals surface area contributed by atoms with Crippen molar-refractivity contribution >= 4 is 19.0 Å². The third-order valence-electron chi connectivity index (χ3n) is 4.53. The first-order chi connectivity index (χ1) is 12.5. The number of carbonyl (C=O) groups is 2. The molecule has 0 fully saturated rings. The van der Waals surface area contributed by atoms with E-state index in [9.17, 15) is 19.7 Å². The molecule has 0 saturated carbocycles. The molecular formula is C16H17BN4O5. The molecule has 0 bridgehead atoms. The van der Waals surface area contributed by atoms with Crippen LogP contribution < -0.4 is 15.3 Å². The molecular weight excluding hydrogens is 339 g/mol. The van der Waals surface area contributed by atoms with E-state index in [2.05, 4.69) is 15.7 Å². The number of aromatic carboxylic acids is 1. The smallest absolute Gasteiger partial charge is 0.534 e. The number of nitrogens with one attached hydrogen (secondary N) is 2. The van der Waals surface area contributed by atoms with Gasteiger partial charge in [-0.2, -0.15) is 5.10 Å². The SMILES string of the molecule is O=C(Cn1cc2c(n1)CNC2)N[C@H]1Cc2cccc(C(=O)O)c2OB1O. The number of carboxylic acids is 1. The lowest BCUT2D eigenvalue weighted by molar-refractivity contribution is -0.122. The highest BCUT2D eigenvalue weighted by Crippen LogP contribution is 2.30. The van der Waals surface area contributed by atoms with Crippen molar-refractivity contribution in [3.63, 3.8) is 0 Å². The fourth-order valence-electron chi connectivity index (χ4n) is 3.31. The van der Waals surface area contributed by atoms with Gasteiger partial charge in [0.2, 0.25) is 5.91 Å². The van der Waals surface area contributed by atoms with Crippen LogP contribution in [-0.4, -0.2) is 44.8 Å². The van der Waals surface area contributed by atoms with Crippen LogP contribution in [0.25, 0.3) is 0 Å². The van der Waals surface area contributed by atoms with Gasteiger partial charge >= 0.3 is 13.1 Å². The molecule has 0 unspecified atom stereocenters. The molecule has 2 aliphatic rings. The summed E-state index contributed by atoms with van der Waals surface area (Å²) in [4.78, 5) is 23.5. The first kappa shape index (κ1) is 16.6. The summed E-state index contributed by atoms with van der Waals surface area (Å²) < 4.78 is 6.94. The van der Waals surface area contributed by atoms with E-state index in [1.165, 1.54) is 6.07 Å². The van der Waals surface area contributed by atoms with Crippen molar-refractivity contribution in [2.75, 3.05) is 0 Å². The van der Waals surface area contributed by atoms with Gasteiger partial charge in [0.1, 0.15) is 12.3 Å². The average molecular weight is 356 g/mol. The van der Waals surface area contributed by atoms with Crippen LogP contribution in [0.3, 0.4) is 0 Å². The number of rotatable bonds is 4. The lowest BCUT2D eigenvalue weighted by Crippen LogP contribution is -2.53. The number of aromatic nitrogens is 2. The molecule has 9 nitrogen and oxygen atoms in total. The number of fused-ring (bicyclic) bond motifs is 2. The van der Waals surface area contributed by atoms with Gasteiger partial charge in [0, 0.05) is 24.8 Å². The summed E-state index contributed by atoms with van der Waals surface area (Å²) in [6, 6.07) is 4.75. The van der Waals surface area contributed by atoms with Gasteiger partial charge in [-0.15, -0.1) is 0 Å². The minimum atomic E-state index is -1.32. The number of benzene rings is 1. The summed E-state index contributed by atoms with van der Waals surface area (Å²) in [7, 11) is -1.32. The van der Waals surface area contributed by atoms with Crippen LogP contribution in [0.15, 0.2) is 24.4 Å². The van der Waals surface area contributed by atoms with Crippen LogP contribution in [-0.2, 0) is 30.8 Å². The molecule has 2 aliphatic heterocycles. The molecule has 2 aromatic rings. The molecule has 26 heavy (non-hydrogen) atoms. The summed E-state index contributed by atoms with van der Waals surface area (Å²) in [6.45, 7) is 1.48. The number of para-hydroxylation sites is 1. The maximum Gasteiger partial charge on any atom is 0.547 e. The van der Waals surface area contributed by atoms with Gasteiger partial charge in [-0.05, 0) is 18.1 Å². The number of hydrogen-bond donors (Lipinski definition) is 4. The highest BCUT2D eigenvalue weighted by Gasteiger charge is 2.37. The van der Waals surface area contributed by atoms with Crippen molar-refractivity contribution in [3.8, 4) is 5.75 Å². The Morgan fingerprint density at radius 3 is 3.00 bits per heavy atom. The molecule has 4 N–H and O–H groups in total. The third kappa shape index (κ3) is 3.04. The first-order valence-corrected chi connectivity index (χ1v) is 8.26. The highest BCUT2D eigenvalue weighted by molar-refractivity contribution is 6.47. The summed E-state index contributed by atoms with van der Waals surface area (Å²) >= 11 is 0. The fraction of sp³-hybridized carbons (Fsp3) is 0.312. The van der Waals surface area contributed by atoms with Gasteiger partial charge < -0.3 is 25.4 Å². The Bertz CT molecular complexity index is 862. The van der Waals surface area contributed by atoms with E-state index in [-0.39, 0.29) is 30.2 Å². The van der Waals surface area contributed by atoms with Gasteiger partial charge in [-0.25, -0.2) is 4.79 Å². The molecule has 1 atom stereocenters. The first-order valence-electron chi connectivity index (χ1n) is 8.26. The Hall–Kier alpha value is -2.85. The van der Waals surface area contributed by atoms with E-state index < -0.39 is 19.0 Å². The molecule has 0 spiro atoms. The van der Waals surface area contributed by atoms with E-state index >= 15 is 0 Å². The molecule has 0 aliphatic carbocycles. The number of carboxylic acid groups (broad SMARTS) is 1. The van der Waals surface area contributed by atoms with E-state index in [4.69, 9.17) is 4.65 Å². The van der Waals surface area contributed by atoms with E-state index in [1.807, 2.05) is 6.20 Å². The van der Waals surface area contributed by atoms with Crippen LogP contribution in [0.1, 0.15) is 27.2 Å². The van der Waals surface area contributed by atoms with Crippen LogP contribution >= 0.6 is 0 Å². The Morgan fingerprint density at radius 1 is 1.38 bits per heavy atom. The summed E-state index contributed by atoms with van der Waals surface area (Å²) in [5, 5.41) is 29.6. The number of hydrogen-bond acceptors (Lipinski definition) is 6. The normalized spacial score (nSPS) is 18.0. The molecule has 1 amide bonds. The van der Waals surface area contributed by atoms with Gasteiger partial charge in [-0.3, -0.25) is 9.48 Å². The zero-order valence-electron chi connectivity index (χ0n) is 13.8. The predicted molar refractivity (Wildman–Crippen MR) is 90.4 cm³/mol. The standard InChI is InChI=1S/C16H17BN4O5/c22-14(8-21-7-10-5-18-6-12(10)20-21)19-13-4-9-2-1-3-11(16(23)24)15(9)26-17(13)25/h1-3,7,13,18,25H,4-6,8H2,(H,19,22)(H,23,24)/t13-/m0/s1. The van der Waals surface area contributed by atoms with E-state index in [0.717, 1.165) is 17.8 Å². The second kappa shape index (κ2) is 6.47. The largest absolute Gasteiger partial charge is 0.547 e. The second-order valence-corrected chi connectivity index (χ2v) is 6.39. The summed E-state index contributed by atoms with van der Waals surface area (Å²) in [6.07, 6.45) is 2.11. The van der Waals surface area contributed by atoms with E-state index in [0.29, 0.717) is 12.1 Å². The Morgan fingerprint density at radius 2 is 2.23 bits per heavy atom. The Labute approximate surface area is 149 Å². The maximum atomic E-state index is 12.3. The molecule has 1 aromatic heterocycles. The van der Waals surface area contributed by atoms with Crippen LogP contribution in [0.5, 0.6) is 5.75 Å². The van der Waals surface area contributed by atoms with Crippen molar-refractivity contribution in [1.29, 1.82) is 0 Å². The maximum absolute atomic E-state index is 12.3. The van der Waals surface area contributed by atoms with Gasteiger partial charge in [-0.1, -0.05) is 12.1 Å². The quantitative estimate of drug-likeness (QED) is 0.535. The Kier molecular flexibility index (Phi) is 4.13. The van der Waals surface area contributed by atoms with Crippen LogP contribution in [0, 0.1) is 0 Å². The van der Waals surface area contributed by atoms with E-state index in [1.54, 1.807) is 16.8 Å². The number of nitrogens with zero attached hydrogens (tertiary/aromatic N) is 2. The fourth-order valence-corrected chi connectivity index (χ4v) is 3.31. The van der Waals surface area contributed by atoms with Gasteiger partial charge in [0.25, 0.3) is 0 Å². The molecule has 134 valence electrons. The molecule has 3 heterocycles. The summed E-state index contributed by atoms with van der Waals surface area (Å²) in [5.41, 5.74) is 2.64. The zero-order valence-corrected chi connectivity index (χ0v) is 13.8. The van der Waals surface area contributed by atoms with Crippen molar-refractivity contribution in [2.45, 2.75) is 32.0 Å². The lowest BCUT2D eigenvalue weighted by atomic mass is 9.72. The summed E-state index contributed by atoms with van der Waals surface area (Å²) in [5.74, 6) is -1.94. The van der Waals surface area contributed by atoms with Gasteiger partial charge in [0.05, 0.1) is 17.2 Å². The second-order valence-electron chi connectivity index (χ2n) is 6.39. The number of carbonyl (C=O) groups excluding carboxylic acids is 1. The van der Waals surface area contributed by atoms with Crippen molar-refractivity contribution in [3.05, 3.63) is 46.8 Å². The lowest BCUT2D eigenvalue weighted by Gasteiger charge is -2.28. The third-order valence-corrected chi connectivity index (χ3v) is 4.53. The minimum absolute atomic E-state index is 0.00834. The topological polar surface area (TPSA) is 126 Å². The predicted octanol–water partition coefficient (Wildman–Crippen LogP) is -0.676. The molecule has 4 rings (SSSR count). The zero-order chi connectivity index (χ0) is 18.3. The average Bonchev–Trinajstić information content (AvgIpc) is 3.16. The van der Waals surface area contributed by atoms with Crippen LogP contribution in [0.4, 0.5) is 0 Å². The Balaban J connectivity index is 1.44.